The first kappa shape index (κ1) is 25.0. The van der Waals surface area contributed by atoms with Crippen LogP contribution >= 0.6 is 0 Å². The molecule has 2 aromatic carbocycles. The van der Waals surface area contributed by atoms with Gasteiger partial charge < -0.3 is 9.47 Å². The molecule has 0 aromatic heterocycles. The molecular formula is C26H32N2O4. The number of carbonyl (C=O) groups is 2. The predicted octanol–water partition coefficient (Wildman–Crippen LogP) is 4.36. The molecule has 0 fully saturated rings. The zero-order chi connectivity index (χ0) is 23.3. The summed E-state index contributed by atoms with van der Waals surface area (Å²) in [6, 6.07) is 17.9. The number of hydrogen-bond donors (Lipinski definition) is 0. The van der Waals surface area contributed by atoms with Crippen molar-refractivity contribution in [3.05, 3.63) is 71.8 Å². The van der Waals surface area contributed by atoms with E-state index in [-0.39, 0.29) is 25.0 Å². The van der Waals surface area contributed by atoms with Gasteiger partial charge in [0.2, 0.25) is 0 Å². The molecule has 6 heteroatoms. The zero-order valence-corrected chi connectivity index (χ0v) is 19.2. The molecule has 6 nitrogen and oxygen atoms in total. The lowest BCUT2D eigenvalue weighted by Crippen LogP contribution is -2.30. The Hall–Kier alpha value is -3.28. The van der Waals surface area contributed by atoms with Gasteiger partial charge in [-0.25, -0.2) is 9.59 Å². The first-order valence-electron chi connectivity index (χ1n) is 10.9. The molecule has 0 bridgehead atoms. The van der Waals surface area contributed by atoms with Crippen LogP contribution in [0.3, 0.4) is 0 Å². The Balaban J connectivity index is 1.84. The molecular weight excluding hydrogens is 404 g/mol. The highest BCUT2D eigenvalue weighted by Crippen LogP contribution is 2.11. The van der Waals surface area contributed by atoms with Gasteiger partial charge in [0.15, 0.2) is 0 Å². The van der Waals surface area contributed by atoms with Gasteiger partial charge in [0.1, 0.15) is 25.3 Å². The molecule has 32 heavy (non-hydrogen) atoms. The van der Waals surface area contributed by atoms with Crippen molar-refractivity contribution in [1.29, 1.82) is 0 Å². The first-order valence-corrected chi connectivity index (χ1v) is 10.9. The van der Waals surface area contributed by atoms with Crippen LogP contribution in [0.4, 0.5) is 0 Å². The summed E-state index contributed by atoms with van der Waals surface area (Å²) in [7, 11) is 0. The minimum Gasteiger partial charge on any atom is -0.460 e. The largest absolute Gasteiger partial charge is 0.460 e. The van der Waals surface area contributed by atoms with Crippen LogP contribution in [0, 0.1) is 11.8 Å². The van der Waals surface area contributed by atoms with Crippen molar-refractivity contribution in [2.45, 2.75) is 39.8 Å². The van der Waals surface area contributed by atoms with E-state index in [1.54, 1.807) is 12.4 Å². The molecule has 0 radical (unpaired) electrons. The summed E-state index contributed by atoms with van der Waals surface area (Å²) in [5.74, 6) is -0.929. The number of benzene rings is 2. The van der Waals surface area contributed by atoms with Crippen LogP contribution in [0.5, 0.6) is 0 Å². The molecule has 0 unspecified atom stereocenters. The quantitative estimate of drug-likeness (QED) is 0.298. The summed E-state index contributed by atoms with van der Waals surface area (Å²) in [5, 5.41) is 0. The highest BCUT2D eigenvalue weighted by molar-refractivity contribution is 5.85. The molecule has 0 N–H and O–H groups in total. The topological polar surface area (TPSA) is 77.3 Å². The van der Waals surface area contributed by atoms with Crippen molar-refractivity contribution in [2.24, 2.45) is 21.8 Å². The molecule has 0 saturated carbocycles. The Morgan fingerprint density at radius 2 is 1.03 bits per heavy atom. The maximum absolute atomic E-state index is 12.5. The van der Waals surface area contributed by atoms with Gasteiger partial charge in [0, 0.05) is 12.4 Å². The van der Waals surface area contributed by atoms with Crippen molar-refractivity contribution < 1.29 is 19.1 Å². The van der Waals surface area contributed by atoms with Crippen molar-refractivity contribution >= 4 is 24.4 Å². The fourth-order valence-corrected chi connectivity index (χ4v) is 2.88. The van der Waals surface area contributed by atoms with Gasteiger partial charge in [0.25, 0.3) is 0 Å². The summed E-state index contributed by atoms with van der Waals surface area (Å²) >= 11 is 0. The fraction of sp³-hybridized carbons (Fsp3) is 0.385. The van der Waals surface area contributed by atoms with Crippen LogP contribution in [0.25, 0.3) is 0 Å². The van der Waals surface area contributed by atoms with Crippen LogP contribution < -0.4 is 0 Å². The summed E-state index contributed by atoms with van der Waals surface area (Å²) < 4.78 is 10.6. The Morgan fingerprint density at radius 1 is 0.688 bits per heavy atom. The molecule has 0 aliphatic rings. The van der Waals surface area contributed by atoms with Gasteiger partial charge in [-0.15, -0.1) is 0 Å². The second kappa shape index (κ2) is 13.2. The van der Waals surface area contributed by atoms with Gasteiger partial charge in [-0.05, 0) is 23.0 Å². The number of aliphatic imine (C=N–C) groups is 2. The standard InChI is InChI=1S/C26H32N2O4/c1-19(2)23(27-17-21-11-7-5-8-12-21)25(29)31-15-16-32-26(30)24(20(3)4)28-18-22-13-9-6-10-14-22/h5-14,17-20,23-24H,15-16H2,1-4H3/t23-,24-/m0/s1. The third-order valence-electron chi connectivity index (χ3n) is 4.69. The molecule has 0 aliphatic carbocycles. The highest BCUT2D eigenvalue weighted by atomic mass is 16.6. The number of ether oxygens (including phenoxy) is 2. The summed E-state index contributed by atoms with van der Waals surface area (Å²) in [5.41, 5.74) is 1.83. The maximum Gasteiger partial charge on any atom is 0.331 e. The Kier molecular flexibility index (Phi) is 10.3. The van der Waals surface area contributed by atoms with Crippen molar-refractivity contribution in [3.63, 3.8) is 0 Å². The van der Waals surface area contributed by atoms with Crippen molar-refractivity contribution in [1.82, 2.24) is 0 Å². The van der Waals surface area contributed by atoms with Gasteiger partial charge in [-0.1, -0.05) is 88.4 Å². The van der Waals surface area contributed by atoms with Crippen LogP contribution in [0.2, 0.25) is 0 Å². The normalized spacial score (nSPS) is 13.6. The monoisotopic (exact) mass is 436 g/mol. The molecule has 2 rings (SSSR count). The number of esters is 2. The van der Waals surface area contributed by atoms with E-state index in [4.69, 9.17) is 9.47 Å². The number of carbonyl (C=O) groups excluding carboxylic acids is 2. The van der Waals surface area contributed by atoms with Crippen LogP contribution in [-0.2, 0) is 19.1 Å². The molecule has 2 atom stereocenters. The molecule has 0 heterocycles. The zero-order valence-electron chi connectivity index (χ0n) is 19.2. The average Bonchev–Trinajstić information content (AvgIpc) is 2.78. The molecule has 0 saturated heterocycles. The van der Waals surface area contributed by atoms with Crippen molar-refractivity contribution in [3.8, 4) is 0 Å². The van der Waals surface area contributed by atoms with Gasteiger partial charge >= 0.3 is 11.9 Å². The van der Waals surface area contributed by atoms with E-state index in [2.05, 4.69) is 9.98 Å². The second-order valence-electron chi connectivity index (χ2n) is 8.09. The minimum absolute atomic E-state index is 0.0253. The van der Waals surface area contributed by atoms with E-state index >= 15 is 0 Å². The van der Waals surface area contributed by atoms with Gasteiger partial charge in [-0.2, -0.15) is 0 Å². The van der Waals surface area contributed by atoms with Crippen molar-refractivity contribution in [2.75, 3.05) is 13.2 Å². The maximum atomic E-state index is 12.5. The molecule has 0 aliphatic heterocycles. The second-order valence-corrected chi connectivity index (χ2v) is 8.09. The van der Waals surface area contributed by atoms with Crippen LogP contribution in [-0.4, -0.2) is 49.7 Å². The van der Waals surface area contributed by atoms with Gasteiger partial charge in [-0.3, -0.25) is 9.98 Å². The number of nitrogens with zero attached hydrogens (tertiary/aromatic N) is 2. The number of hydrogen-bond acceptors (Lipinski definition) is 6. The number of rotatable bonds is 11. The Morgan fingerprint density at radius 3 is 1.34 bits per heavy atom. The average molecular weight is 437 g/mol. The lowest BCUT2D eigenvalue weighted by molar-refractivity contribution is -0.154. The van der Waals surface area contributed by atoms with E-state index in [0.717, 1.165) is 11.1 Å². The SMILES string of the molecule is CC(C)[C@H](N=Cc1ccccc1)C(=O)OCCOC(=O)[C@@H](N=Cc1ccccc1)C(C)C. The molecule has 2 aromatic rings. The van der Waals surface area contributed by atoms with E-state index in [9.17, 15) is 9.59 Å². The molecule has 0 amide bonds. The van der Waals surface area contributed by atoms with Crippen LogP contribution in [0.15, 0.2) is 70.6 Å². The molecule has 170 valence electrons. The smallest absolute Gasteiger partial charge is 0.331 e. The van der Waals surface area contributed by atoms with E-state index in [0.29, 0.717) is 0 Å². The predicted molar refractivity (Wildman–Crippen MR) is 127 cm³/mol. The van der Waals surface area contributed by atoms with Crippen LogP contribution in [0.1, 0.15) is 38.8 Å². The lowest BCUT2D eigenvalue weighted by atomic mass is 10.1. The van der Waals surface area contributed by atoms with Gasteiger partial charge in [0.05, 0.1) is 0 Å². The third kappa shape index (κ3) is 8.46. The fourth-order valence-electron chi connectivity index (χ4n) is 2.88. The first-order chi connectivity index (χ1) is 15.4. The third-order valence-corrected chi connectivity index (χ3v) is 4.69. The van der Waals surface area contributed by atoms with E-state index in [1.807, 2.05) is 88.4 Å². The Bertz CT molecular complexity index is 817. The Labute approximate surface area is 190 Å². The van der Waals surface area contributed by atoms with E-state index < -0.39 is 24.0 Å². The summed E-state index contributed by atoms with van der Waals surface area (Å²) in [6.45, 7) is 7.58. The highest BCUT2D eigenvalue weighted by Gasteiger charge is 2.24. The summed E-state index contributed by atoms with van der Waals surface area (Å²) in [4.78, 5) is 33.7. The molecule has 0 spiro atoms. The summed E-state index contributed by atoms with van der Waals surface area (Å²) in [6.07, 6.45) is 3.34. The van der Waals surface area contributed by atoms with E-state index in [1.165, 1.54) is 0 Å². The lowest BCUT2D eigenvalue weighted by Gasteiger charge is -2.17. The minimum atomic E-state index is -0.621.